The Morgan fingerprint density at radius 1 is 1.78 bits per heavy atom. The van der Waals surface area contributed by atoms with Crippen LogP contribution >= 0.6 is 0 Å². The number of aliphatic imine (C=N–C) groups is 2. The first kappa shape index (κ1) is 5.75. The van der Waals surface area contributed by atoms with Crippen LogP contribution in [0.3, 0.4) is 0 Å². The van der Waals surface area contributed by atoms with Gasteiger partial charge in [0.2, 0.25) is 0 Å². The molecule has 0 saturated carbocycles. The summed E-state index contributed by atoms with van der Waals surface area (Å²) in [7, 11) is 0. The van der Waals surface area contributed by atoms with Gasteiger partial charge in [0.1, 0.15) is 0 Å². The molecule has 0 aliphatic carbocycles. The Bertz CT molecular complexity index is 200. The van der Waals surface area contributed by atoms with Crippen molar-refractivity contribution in [3.05, 3.63) is 25.1 Å². The van der Waals surface area contributed by atoms with Gasteiger partial charge in [-0.15, -0.1) is 0 Å². The monoisotopic (exact) mass is 121 g/mol. The summed E-state index contributed by atoms with van der Waals surface area (Å²) >= 11 is 0. The van der Waals surface area contributed by atoms with E-state index in [1.165, 1.54) is 6.20 Å². The Morgan fingerprint density at radius 3 is 3.00 bits per heavy atom. The summed E-state index contributed by atoms with van der Waals surface area (Å²) in [4.78, 5) is 7.67. The highest BCUT2D eigenvalue weighted by Crippen LogP contribution is 1.96. The topological polar surface area (TPSA) is 36.8 Å². The van der Waals surface area contributed by atoms with Crippen molar-refractivity contribution in [2.45, 2.75) is 0 Å². The van der Waals surface area contributed by atoms with Gasteiger partial charge in [-0.05, 0) is 0 Å². The highest BCUT2D eigenvalue weighted by Gasteiger charge is 2.04. The van der Waals surface area contributed by atoms with Crippen molar-refractivity contribution in [2.24, 2.45) is 9.98 Å². The fraction of sp³-hybridized carbons (Fsp3) is 0. The van der Waals surface area contributed by atoms with E-state index < -0.39 is 0 Å². The minimum Gasteiger partial charge on any atom is -0.344 e. The van der Waals surface area contributed by atoms with Crippen LogP contribution in [0.15, 0.2) is 35.0 Å². The summed E-state index contributed by atoms with van der Waals surface area (Å²) in [5.41, 5.74) is 0.718. The summed E-state index contributed by atoms with van der Waals surface area (Å²) in [6.07, 6.45) is 2.98. The number of amidine groups is 1. The molecule has 0 radical (unpaired) electrons. The maximum atomic E-state index is 3.85. The molecule has 3 heteroatoms. The van der Waals surface area contributed by atoms with Crippen molar-refractivity contribution < 1.29 is 0 Å². The van der Waals surface area contributed by atoms with Crippen LogP contribution in [0.2, 0.25) is 0 Å². The Labute approximate surface area is 53.5 Å². The largest absolute Gasteiger partial charge is 0.344 e. The van der Waals surface area contributed by atoms with Crippen LogP contribution < -0.4 is 5.32 Å². The number of nitrogens with zero attached hydrogens (tertiary/aromatic N) is 2. The van der Waals surface area contributed by atoms with E-state index in [1.807, 2.05) is 0 Å². The molecule has 0 spiro atoms. The molecule has 0 aromatic carbocycles. The van der Waals surface area contributed by atoms with Gasteiger partial charge in [-0.1, -0.05) is 13.2 Å². The molecule has 46 valence electrons. The van der Waals surface area contributed by atoms with Gasteiger partial charge < -0.3 is 5.32 Å². The maximum absolute atomic E-state index is 3.85. The predicted octanol–water partition coefficient (Wildman–Crippen LogP) is 0.674. The summed E-state index contributed by atoms with van der Waals surface area (Å²) in [5, 5.41) is 2.79. The molecule has 0 unspecified atom stereocenters. The molecule has 1 N–H and O–H groups in total. The number of rotatable bonds is 1. The molecule has 0 amide bonds. The van der Waals surface area contributed by atoms with E-state index >= 15 is 0 Å². The summed E-state index contributed by atoms with van der Waals surface area (Å²) in [6.45, 7) is 7.07. The van der Waals surface area contributed by atoms with Crippen LogP contribution in [0, 0.1) is 0 Å². The van der Waals surface area contributed by atoms with Crippen molar-refractivity contribution in [1.82, 2.24) is 5.32 Å². The van der Waals surface area contributed by atoms with E-state index in [0.717, 1.165) is 5.70 Å². The van der Waals surface area contributed by atoms with E-state index in [0.29, 0.717) is 5.84 Å². The lowest BCUT2D eigenvalue weighted by molar-refractivity contribution is 1.30. The lowest BCUT2D eigenvalue weighted by Crippen LogP contribution is -2.05. The number of hydrogen-bond donors (Lipinski definition) is 1. The van der Waals surface area contributed by atoms with Crippen molar-refractivity contribution in [2.75, 3.05) is 0 Å². The molecule has 0 saturated heterocycles. The Balaban J connectivity index is 2.81. The third-order valence-corrected chi connectivity index (χ3v) is 0.909. The average molecular weight is 121 g/mol. The number of nitrogens with one attached hydrogen (secondary N) is 1. The van der Waals surface area contributed by atoms with Gasteiger partial charge in [0.05, 0.1) is 12.0 Å². The molecule has 0 bridgehead atoms. The fourth-order valence-electron chi connectivity index (χ4n) is 0.512. The molecule has 3 nitrogen and oxygen atoms in total. The van der Waals surface area contributed by atoms with E-state index in [4.69, 9.17) is 0 Å². The summed E-state index contributed by atoms with van der Waals surface area (Å²) < 4.78 is 0. The van der Waals surface area contributed by atoms with Crippen LogP contribution in [0.1, 0.15) is 0 Å². The molecule has 1 heterocycles. The molecule has 0 atom stereocenters. The summed E-state index contributed by atoms with van der Waals surface area (Å²) in [5.74, 6) is 0.602. The third-order valence-electron chi connectivity index (χ3n) is 0.909. The smallest absolute Gasteiger partial charge is 0.176 e. The second-order valence-corrected chi connectivity index (χ2v) is 1.52. The van der Waals surface area contributed by atoms with Gasteiger partial charge in [-0.2, -0.15) is 0 Å². The van der Waals surface area contributed by atoms with Gasteiger partial charge in [-0.25, -0.2) is 9.98 Å². The van der Waals surface area contributed by atoms with Gasteiger partial charge in [0.15, 0.2) is 5.84 Å². The van der Waals surface area contributed by atoms with Gasteiger partial charge in [0, 0.05) is 6.20 Å². The van der Waals surface area contributed by atoms with Crippen LogP contribution in [-0.4, -0.2) is 12.2 Å². The van der Waals surface area contributed by atoms with Crippen molar-refractivity contribution in [1.29, 1.82) is 0 Å². The summed E-state index contributed by atoms with van der Waals surface area (Å²) in [6, 6.07) is 0. The van der Waals surface area contributed by atoms with Crippen molar-refractivity contribution >= 4 is 12.2 Å². The first-order chi connectivity index (χ1) is 4.34. The molecule has 1 aliphatic rings. The molecule has 0 aromatic heterocycles. The normalized spacial score (nSPS) is 20.4. The molecule has 1 rings (SSSR count). The van der Waals surface area contributed by atoms with Crippen LogP contribution in [0.5, 0.6) is 0 Å². The SMILES string of the molecule is C=CN=C1N=CNC1=C. The maximum Gasteiger partial charge on any atom is 0.176 e. The zero-order chi connectivity index (χ0) is 6.69. The zero-order valence-corrected chi connectivity index (χ0v) is 4.96. The second-order valence-electron chi connectivity index (χ2n) is 1.52. The Hall–Kier alpha value is -1.38. The first-order valence-electron chi connectivity index (χ1n) is 2.51. The molecule has 0 fully saturated rings. The van der Waals surface area contributed by atoms with E-state index in [9.17, 15) is 0 Å². The van der Waals surface area contributed by atoms with Gasteiger partial charge in [-0.3, -0.25) is 0 Å². The predicted molar refractivity (Wildman–Crippen MR) is 38.4 cm³/mol. The van der Waals surface area contributed by atoms with Crippen molar-refractivity contribution in [3.8, 4) is 0 Å². The standard InChI is InChI=1S/C6H7N3/c1-3-7-6-5(2)8-4-9-6/h3-4H,1-2H2,(H,7,8,9). The van der Waals surface area contributed by atoms with Crippen LogP contribution in [0.25, 0.3) is 0 Å². The molecule has 0 aromatic rings. The molecule has 9 heavy (non-hydrogen) atoms. The fourth-order valence-corrected chi connectivity index (χ4v) is 0.512. The zero-order valence-electron chi connectivity index (χ0n) is 4.96. The van der Waals surface area contributed by atoms with E-state index in [1.54, 1.807) is 6.34 Å². The van der Waals surface area contributed by atoms with Gasteiger partial charge in [0.25, 0.3) is 0 Å². The Kier molecular flexibility index (Phi) is 1.44. The minimum absolute atomic E-state index is 0.602. The Morgan fingerprint density at radius 2 is 2.56 bits per heavy atom. The minimum atomic E-state index is 0.602. The average Bonchev–Trinajstić information content (AvgIpc) is 2.18. The van der Waals surface area contributed by atoms with Crippen molar-refractivity contribution in [3.63, 3.8) is 0 Å². The van der Waals surface area contributed by atoms with E-state index in [-0.39, 0.29) is 0 Å². The highest BCUT2D eigenvalue weighted by atomic mass is 15.1. The lowest BCUT2D eigenvalue weighted by Gasteiger charge is -1.90. The number of hydrogen-bond acceptors (Lipinski definition) is 2. The first-order valence-corrected chi connectivity index (χ1v) is 2.51. The molecule has 1 aliphatic heterocycles. The van der Waals surface area contributed by atoms with E-state index in [2.05, 4.69) is 28.5 Å². The van der Waals surface area contributed by atoms with Crippen LogP contribution in [-0.2, 0) is 0 Å². The highest BCUT2D eigenvalue weighted by molar-refractivity contribution is 6.07. The third kappa shape index (κ3) is 1.05. The second kappa shape index (κ2) is 2.26. The van der Waals surface area contributed by atoms with Crippen LogP contribution in [0.4, 0.5) is 0 Å². The molecular weight excluding hydrogens is 114 g/mol. The quantitative estimate of drug-likeness (QED) is 0.544. The molecular formula is C6H7N3. The lowest BCUT2D eigenvalue weighted by atomic mass is 10.5. The van der Waals surface area contributed by atoms with Gasteiger partial charge >= 0.3 is 0 Å².